The standard InChI is InChI=1S/C18H21N3/c1-3-10-19-12-15-9-8-14(2)18(11-15)21-17-7-5-4-6-16(17)13-20-21/h4-9,11,13,19H,3,10,12H2,1-2H3. The summed E-state index contributed by atoms with van der Waals surface area (Å²) >= 11 is 0. The zero-order valence-electron chi connectivity index (χ0n) is 12.6. The molecular formula is C18H21N3. The summed E-state index contributed by atoms with van der Waals surface area (Å²) in [5.41, 5.74) is 4.85. The number of rotatable bonds is 5. The molecule has 3 nitrogen and oxygen atoms in total. The quantitative estimate of drug-likeness (QED) is 0.719. The Morgan fingerprint density at radius 1 is 1.14 bits per heavy atom. The molecule has 21 heavy (non-hydrogen) atoms. The molecule has 0 unspecified atom stereocenters. The fourth-order valence-electron chi connectivity index (χ4n) is 2.57. The number of aryl methyl sites for hydroxylation is 1. The van der Waals surface area contributed by atoms with Crippen LogP contribution in [0.3, 0.4) is 0 Å². The Kier molecular flexibility index (Phi) is 4.02. The summed E-state index contributed by atoms with van der Waals surface area (Å²) < 4.78 is 2.04. The summed E-state index contributed by atoms with van der Waals surface area (Å²) in [5.74, 6) is 0. The van der Waals surface area contributed by atoms with Crippen molar-refractivity contribution in [2.75, 3.05) is 6.54 Å². The van der Waals surface area contributed by atoms with Gasteiger partial charge >= 0.3 is 0 Å². The molecule has 0 saturated heterocycles. The smallest absolute Gasteiger partial charge is 0.0741 e. The molecule has 3 heteroatoms. The van der Waals surface area contributed by atoms with Crippen molar-refractivity contribution in [1.82, 2.24) is 15.1 Å². The van der Waals surface area contributed by atoms with E-state index in [0.29, 0.717) is 0 Å². The lowest BCUT2D eigenvalue weighted by molar-refractivity contribution is 0.675. The highest BCUT2D eigenvalue weighted by Gasteiger charge is 2.07. The molecular weight excluding hydrogens is 258 g/mol. The lowest BCUT2D eigenvalue weighted by Crippen LogP contribution is -2.14. The van der Waals surface area contributed by atoms with E-state index in [1.807, 2.05) is 16.9 Å². The first-order valence-electron chi connectivity index (χ1n) is 7.53. The van der Waals surface area contributed by atoms with Crippen molar-refractivity contribution in [3.8, 4) is 5.69 Å². The minimum absolute atomic E-state index is 0.903. The van der Waals surface area contributed by atoms with Crippen LogP contribution in [0, 0.1) is 6.92 Å². The molecule has 1 N–H and O–H groups in total. The zero-order chi connectivity index (χ0) is 14.7. The summed E-state index contributed by atoms with van der Waals surface area (Å²) in [6.07, 6.45) is 3.08. The Hall–Kier alpha value is -2.13. The van der Waals surface area contributed by atoms with E-state index >= 15 is 0 Å². The van der Waals surface area contributed by atoms with Gasteiger partial charge in [-0.15, -0.1) is 0 Å². The van der Waals surface area contributed by atoms with Gasteiger partial charge in [-0.1, -0.05) is 37.3 Å². The average Bonchev–Trinajstić information content (AvgIpc) is 2.93. The fourth-order valence-corrected chi connectivity index (χ4v) is 2.57. The Morgan fingerprint density at radius 2 is 2.00 bits per heavy atom. The van der Waals surface area contributed by atoms with Crippen LogP contribution in [-0.4, -0.2) is 16.3 Å². The number of para-hydroxylation sites is 1. The van der Waals surface area contributed by atoms with Crippen LogP contribution >= 0.6 is 0 Å². The molecule has 0 atom stereocenters. The van der Waals surface area contributed by atoms with Crippen LogP contribution in [0.15, 0.2) is 48.7 Å². The molecule has 0 aliphatic rings. The van der Waals surface area contributed by atoms with Gasteiger partial charge in [0.2, 0.25) is 0 Å². The molecule has 0 radical (unpaired) electrons. The van der Waals surface area contributed by atoms with E-state index in [0.717, 1.165) is 30.7 Å². The Morgan fingerprint density at radius 3 is 2.86 bits per heavy atom. The second-order valence-electron chi connectivity index (χ2n) is 5.41. The lowest BCUT2D eigenvalue weighted by atomic mass is 10.1. The third-order valence-corrected chi connectivity index (χ3v) is 3.73. The number of hydrogen-bond donors (Lipinski definition) is 1. The molecule has 1 heterocycles. The van der Waals surface area contributed by atoms with Crippen molar-refractivity contribution in [1.29, 1.82) is 0 Å². The van der Waals surface area contributed by atoms with Gasteiger partial charge in [0.15, 0.2) is 0 Å². The molecule has 0 fully saturated rings. The summed E-state index contributed by atoms with van der Waals surface area (Å²) in [5, 5.41) is 9.18. The van der Waals surface area contributed by atoms with E-state index in [1.165, 1.54) is 16.5 Å². The molecule has 0 spiro atoms. The van der Waals surface area contributed by atoms with E-state index in [9.17, 15) is 0 Å². The van der Waals surface area contributed by atoms with Crippen molar-refractivity contribution in [3.05, 3.63) is 59.8 Å². The summed E-state index contributed by atoms with van der Waals surface area (Å²) in [6.45, 7) is 6.27. The van der Waals surface area contributed by atoms with Crippen molar-refractivity contribution in [3.63, 3.8) is 0 Å². The molecule has 3 rings (SSSR count). The minimum Gasteiger partial charge on any atom is -0.313 e. The number of fused-ring (bicyclic) bond motifs is 1. The maximum absolute atomic E-state index is 4.56. The van der Waals surface area contributed by atoms with Gasteiger partial charge in [-0.2, -0.15) is 5.10 Å². The molecule has 1 aromatic heterocycles. The molecule has 0 bridgehead atoms. The number of benzene rings is 2. The number of nitrogens with one attached hydrogen (secondary N) is 1. The lowest BCUT2D eigenvalue weighted by Gasteiger charge is -2.11. The van der Waals surface area contributed by atoms with Gasteiger partial charge in [0.25, 0.3) is 0 Å². The summed E-state index contributed by atoms with van der Waals surface area (Å²) in [7, 11) is 0. The van der Waals surface area contributed by atoms with Crippen LogP contribution in [0.2, 0.25) is 0 Å². The Labute approximate surface area is 125 Å². The van der Waals surface area contributed by atoms with E-state index in [4.69, 9.17) is 0 Å². The predicted molar refractivity (Wildman–Crippen MR) is 87.8 cm³/mol. The second kappa shape index (κ2) is 6.10. The Bertz CT molecular complexity index is 743. The maximum atomic E-state index is 4.56. The maximum Gasteiger partial charge on any atom is 0.0741 e. The van der Waals surface area contributed by atoms with Crippen LogP contribution in [0.1, 0.15) is 24.5 Å². The van der Waals surface area contributed by atoms with Crippen LogP contribution < -0.4 is 5.32 Å². The topological polar surface area (TPSA) is 29.9 Å². The molecule has 2 aromatic carbocycles. The normalized spacial score (nSPS) is 11.1. The zero-order valence-corrected chi connectivity index (χ0v) is 12.6. The average molecular weight is 279 g/mol. The highest BCUT2D eigenvalue weighted by molar-refractivity contribution is 5.80. The summed E-state index contributed by atoms with van der Waals surface area (Å²) in [6, 6.07) is 14.9. The van der Waals surface area contributed by atoms with Crippen molar-refractivity contribution >= 4 is 10.9 Å². The molecule has 0 amide bonds. The third kappa shape index (κ3) is 2.83. The van der Waals surface area contributed by atoms with Crippen molar-refractivity contribution in [2.24, 2.45) is 0 Å². The third-order valence-electron chi connectivity index (χ3n) is 3.73. The van der Waals surface area contributed by atoms with E-state index in [1.54, 1.807) is 0 Å². The molecule has 0 aliphatic carbocycles. The van der Waals surface area contributed by atoms with Gasteiger partial charge in [0.1, 0.15) is 0 Å². The van der Waals surface area contributed by atoms with Crippen molar-refractivity contribution in [2.45, 2.75) is 26.8 Å². The van der Waals surface area contributed by atoms with Gasteiger partial charge in [0.05, 0.1) is 17.4 Å². The van der Waals surface area contributed by atoms with Gasteiger partial charge in [0, 0.05) is 11.9 Å². The number of hydrogen-bond acceptors (Lipinski definition) is 2. The van der Waals surface area contributed by atoms with Crippen LogP contribution in [0.5, 0.6) is 0 Å². The minimum atomic E-state index is 0.903. The van der Waals surface area contributed by atoms with E-state index < -0.39 is 0 Å². The number of nitrogens with zero attached hydrogens (tertiary/aromatic N) is 2. The van der Waals surface area contributed by atoms with Gasteiger partial charge in [-0.05, 0) is 43.1 Å². The highest BCUT2D eigenvalue weighted by Crippen LogP contribution is 2.21. The number of aromatic nitrogens is 2. The SMILES string of the molecule is CCCNCc1ccc(C)c(-n2ncc3ccccc32)c1. The monoisotopic (exact) mass is 279 g/mol. The van der Waals surface area contributed by atoms with Crippen molar-refractivity contribution < 1.29 is 0 Å². The van der Waals surface area contributed by atoms with Gasteiger partial charge in [-0.3, -0.25) is 0 Å². The van der Waals surface area contributed by atoms with Crippen LogP contribution in [0.25, 0.3) is 16.6 Å². The first-order valence-corrected chi connectivity index (χ1v) is 7.53. The van der Waals surface area contributed by atoms with E-state index in [-0.39, 0.29) is 0 Å². The van der Waals surface area contributed by atoms with E-state index in [2.05, 4.69) is 60.7 Å². The molecule has 0 saturated carbocycles. The summed E-state index contributed by atoms with van der Waals surface area (Å²) in [4.78, 5) is 0. The first-order chi connectivity index (χ1) is 10.3. The predicted octanol–water partition coefficient (Wildman–Crippen LogP) is 3.83. The molecule has 0 aliphatic heterocycles. The van der Waals surface area contributed by atoms with Crippen LogP contribution in [-0.2, 0) is 6.54 Å². The Balaban J connectivity index is 1.99. The molecule has 108 valence electrons. The molecule has 3 aromatic rings. The van der Waals surface area contributed by atoms with Gasteiger partial charge < -0.3 is 5.32 Å². The second-order valence-corrected chi connectivity index (χ2v) is 5.41. The fraction of sp³-hybridized carbons (Fsp3) is 0.278. The first kappa shape index (κ1) is 13.8. The van der Waals surface area contributed by atoms with Gasteiger partial charge in [-0.25, -0.2) is 4.68 Å². The highest BCUT2D eigenvalue weighted by atomic mass is 15.3. The largest absolute Gasteiger partial charge is 0.313 e. The van der Waals surface area contributed by atoms with Crippen LogP contribution in [0.4, 0.5) is 0 Å².